The van der Waals surface area contributed by atoms with Crippen molar-refractivity contribution in [3.05, 3.63) is 48.0 Å². The SMILES string of the molecule is C=C(COCc1ccccc1)C(O)C(NC=O)C(=O)OCC. The molecule has 6 heteroatoms. The topological polar surface area (TPSA) is 84.9 Å². The lowest BCUT2D eigenvalue weighted by molar-refractivity contribution is -0.149. The van der Waals surface area contributed by atoms with Crippen molar-refractivity contribution in [3.8, 4) is 0 Å². The molecule has 0 fully saturated rings. The summed E-state index contributed by atoms with van der Waals surface area (Å²) in [5.41, 5.74) is 1.26. The van der Waals surface area contributed by atoms with Gasteiger partial charge in [-0.05, 0) is 18.1 Å². The zero-order valence-electron chi connectivity index (χ0n) is 12.5. The Morgan fingerprint density at radius 2 is 2.09 bits per heavy atom. The molecule has 0 bridgehead atoms. The summed E-state index contributed by atoms with van der Waals surface area (Å²) in [4.78, 5) is 22.2. The predicted molar refractivity (Wildman–Crippen MR) is 80.9 cm³/mol. The molecular weight excluding hydrogens is 286 g/mol. The summed E-state index contributed by atoms with van der Waals surface area (Å²) >= 11 is 0. The van der Waals surface area contributed by atoms with Gasteiger partial charge in [0.2, 0.25) is 6.41 Å². The number of ether oxygens (including phenoxy) is 2. The number of esters is 1. The van der Waals surface area contributed by atoms with Gasteiger partial charge in [0.05, 0.1) is 19.8 Å². The molecule has 0 aliphatic rings. The second-order valence-corrected chi connectivity index (χ2v) is 4.60. The third kappa shape index (κ3) is 5.67. The van der Waals surface area contributed by atoms with E-state index >= 15 is 0 Å². The molecule has 0 radical (unpaired) electrons. The smallest absolute Gasteiger partial charge is 0.331 e. The average Bonchev–Trinajstić information content (AvgIpc) is 2.53. The molecule has 22 heavy (non-hydrogen) atoms. The normalized spacial score (nSPS) is 13.0. The quantitative estimate of drug-likeness (QED) is 0.379. The summed E-state index contributed by atoms with van der Waals surface area (Å²) in [5, 5.41) is 12.3. The maximum atomic E-state index is 11.7. The summed E-state index contributed by atoms with van der Waals surface area (Å²) in [6.07, 6.45) is -0.942. The Kier molecular flexibility index (Phi) is 7.88. The molecule has 2 N–H and O–H groups in total. The number of rotatable bonds is 10. The Hall–Kier alpha value is -2.18. The lowest BCUT2D eigenvalue weighted by atomic mass is 10.0. The van der Waals surface area contributed by atoms with Crippen LogP contribution in [-0.4, -0.2) is 42.8 Å². The molecule has 0 aliphatic heterocycles. The van der Waals surface area contributed by atoms with E-state index in [9.17, 15) is 14.7 Å². The highest BCUT2D eigenvalue weighted by molar-refractivity contribution is 5.79. The van der Waals surface area contributed by atoms with E-state index in [1.807, 2.05) is 30.3 Å². The lowest BCUT2D eigenvalue weighted by Crippen LogP contribution is -2.47. The van der Waals surface area contributed by atoms with Crippen molar-refractivity contribution in [3.63, 3.8) is 0 Å². The van der Waals surface area contributed by atoms with Gasteiger partial charge in [-0.3, -0.25) is 4.79 Å². The highest BCUT2D eigenvalue weighted by Gasteiger charge is 2.29. The van der Waals surface area contributed by atoms with E-state index in [1.165, 1.54) is 0 Å². The molecule has 2 unspecified atom stereocenters. The van der Waals surface area contributed by atoms with Crippen LogP contribution in [0.2, 0.25) is 0 Å². The van der Waals surface area contributed by atoms with Crippen molar-refractivity contribution in [2.45, 2.75) is 25.7 Å². The fourth-order valence-corrected chi connectivity index (χ4v) is 1.79. The van der Waals surface area contributed by atoms with Gasteiger partial charge in [-0.2, -0.15) is 0 Å². The van der Waals surface area contributed by atoms with Crippen LogP contribution in [0, 0.1) is 0 Å². The van der Waals surface area contributed by atoms with Crippen LogP contribution in [0.5, 0.6) is 0 Å². The van der Waals surface area contributed by atoms with Crippen molar-refractivity contribution >= 4 is 12.4 Å². The first-order valence-electron chi connectivity index (χ1n) is 6.93. The van der Waals surface area contributed by atoms with Gasteiger partial charge in [0.1, 0.15) is 6.10 Å². The lowest BCUT2D eigenvalue weighted by Gasteiger charge is -2.22. The van der Waals surface area contributed by atoms with Gasteiger partial charge in [-0.25, -0.2) is 4.79 Å². The van der Waals surface area contributed by atoms with E-state index in [1.54, 1.807) is 6.92 Å². The highest BCUT2D eigenvalue weighted by Crippen LogP contribution is 2.09. The van der Waals surface area contributed by atoms with Crippen molar-refractivity contribution < 1.29 is 24.2 Å². The Bertz CT molecular complexity index is 489. The van der Waals surface area contributed by atoms with Crippen LogP contribution in [-0.2, 0) is 25.7 Å². The molecule has 0 heterocycles. The average molecular weight is 307 g/mol. The van der Waals surface area contributed by atoms with E-state index in [0.717, 1.165) is 5.56 Å². The molecule has 0 saturated carbocycles. The predicted octanol–water partition coefficient (Wildman–Crippen LogP) is 0.798. The number of hydrogen-bond acceptors (Lipinski definition) is 5. The molecule has 1 rings (SSSR count). The second-order valence-electron chi connectivity index (χ2n) is 4.60. The molecule has 0 aliphatic carbocycles. The van der Waals surface area contributed by atoms with Gasteiger partial charge in [0.25, 0.3) is 0 Å². The first kappa shape index (κ1) is 17.9. The number of amides is 1. The number of aliphatic hydroxyl groups excluding tert-OH is 1. The minimum Gasteiger partial charge on any atom is -0.464 e. The third-order valence-electron chi connectivity index (χ3n) is 2.92. The Labute approximate surface area is 129 Å². The molecule has 0 spiro atoms. The molecule has 6 nitrogen and oxygen atoms in total. The zero-order chi connectivity index (χ0) is 16.4. The van der Waals surface area contributed by atoms with Crippen LogP contribution >= 0.6 is 0 Å². The zero-order valence-corrected chi connectivity index (χ0v) is 12.5. The summed E-state index contributed by atoms with van der Waals surface area (Å²) in [7, 11) is 0. The molecule has 1 amide bonds. The van der Waals surface area contributed by atoms with Crippen LogP contribution in [0.25, 0.3) is 0 Å². The number of aliphatic hydroxyl groups is 1. The van der Waals surface area contributed by atoms with Crippen molar-refractivity contribution in [2.75, 3.05) is 13.2 Å². The van der Waals surface area contributed by atoms with Gasteiger partial charge in [0.15, 0.2) is 6.04 Å². The summed E-state index contributed by atoms with van der Waals surface area (Å²) in [6, 6.07) is 8.33. The molecule has 0 saturated heterocycles. The van der Waals surface area contributed by atoms with E-state index in [2.05, 4.69) is 11.9 Å². The third-order valence-corrected chi connectivity index (χ3v) is 2.92. The molecule has 120 valence electrons. The Morgan fingerprint density at radius 3 is 2.68 bits per heavy atom. The van der Waals surface area contributed by atoms with Crippen molar-refractivity contribution in [2.24, 2.45) is 0 Å². The van der Waals surface area contributed by atoms with Gasteiger partial charge in [0, 0.05) is 0 Å². The maximum Gasteiger partial charge on any atom is 0.331 e. The summed E-state index contributed by atoms with van der Waals surface area (Å²) in [6.45, 7) is 5.90. The number of hydrogen-bond donors (Lipinski definition) is 2. The van der Waals surface area contributed by atoms with E-state index in [-0.39, 0.29) is 18.8 Å². The largest absolute Gasteiger partial charge is 0.464 e. The van der Waals surface area contributed by atoms with Crippen molar-refractivity contribution in [1.82, 2.24) is 5.32 Å². The van der Waals surface area contributed by atoms with Crippen molar-refractivity contribution in [1.29, 1.82) is 0 Å². The molecular formula is C16H21NO5. The summed E-state index contributed by atoms with van der Waals surface area (Å²) in [5.74, 6) is -0.716. The van der Waals surface area contributed by atoms with Gasteiger partial charge < -0.3 is 19.9 Å². The van der Waals surface area contributed by atoms with E-state index < -0.39 is 18.1 Å². The Morgan fingerprint density at radius 1 is 1.41 bits per heavy atom. The van der Waals surface area contributed by atoms with Gasteiger partial charge in [-0.15, -0.1) is 0 Å². The van der Waals surface area contributed by atoms with E-state index in [4.69, 9.17) is 9.47 Å². The fraction of sp³-hybridized carbons (Fsp3) is 0.375. The molecule has 0 aromatic heterocycles. The maximum absolute atomic E-state index is 11.7. The van der Waals surface area contributed by atoms with Crippen LogP contribution in [0.15, 0.2) is 42.5 Å². The molecule has 2 atom stereocenters. The number of benzene rings is 1. The van der Waals surface area contributed by atoms with E-state index in [0.29, 0.717) is 13.0 Å². The van der Waals surface area contributed by atoms with Crippen LogP contribution < -0.4 is 5.32 Å². The standard InChI is InChI=1S/C16H21NO5/c1-3-22-16(20)14(17-11-18)15(19)12(2)9-21-10-13-7-5-4-6-8-13/h4-8,11,14-15,19H,2-3,9-10H2,1H3,(H,17,18). The highest BCUT2D eigenvalue weighted by atomic mass is 16.5. The van der Waals surface area contributed by atoms with Gasteiger partial charge >= 0.3 is 5.97 Å². The minimum atomic E-state index is -1.28. The molecule has 1 aromatic rings. The van der Waals surface area contributed by atoms with Crippen LogP contribution in [0.3, 0.4) is 0 Å². The van der Waals surface area contributed by atoms with Crippen LogP contribution in [0.1, 0.15) is 12.5 Å². The Balaban J connectivity index is 2.50. The molecule has 1 aromatic carbocycles. The summed E-state index contributed by atoms with van der Waals surface area (Å²) < 4.78 is 10.2. The fourth-order valence-electron chi connectivity index (χ4n) is 1.79. The number of nitrogens with one attached hydrogen (secondary N) is 1. The second kappa shape index (κ2) is 9.70. The van der Waals surface area contributed by atoms with Crippen LogP contribution in [0.4, 0.5) is 0 Å². The van der Waals surface area contributed by atoms with Gasteiger partial charge in [-0.1, -0.05) is 36.9 Å². The first-order valence-corrected chi connectivity index (χ1v) is 6.93. The number of carbonyl (C=O) groups excluding carboxylic acids is 2. The number of carbonyl (C=O) groups is 2. The monoisotopic (exact) mass is 307 g/mol. The first-order chi connectivity index (χ1) is 10.6. The minimum absolute atomic E-state index is 0.0620.